The molecule has 2 heterocycles. The number of amides is 5. The summed E-state index contributed by atoms with van der Waals surface area (Å²) in [4.78, 5) is 51.4. The van der Waals surface area contributed by atoms with Crippen molar-refractivity contribution in [3.05, 3.63) is 58.1 Å². The largest absolute Gasteiger partial charge is 0.338 e. The van der Waals surface area contributed by atoms with Crippen molar-refractivity contribution in [2.24, 2.45) is 0 Å². The molecule has 4 rings (SSSR count). The zero-order chi connectivity index (χ0) is 27.1. The molecule has 0 saturated carbocycles. The first-order chi connectivity index (χ1) is 18.3. The van der Waals surface area contributed by atoms with Gasteiger partial charge in [0.1, 0.15) is 6.04 Å². The molecule has 1 saturated heterocycles. The zero-order valence-electron chi connectivity index (χ0n) is 21.5. The van der Waals surface area contributed by atoms with E-state index in [1.807, 2.05) is 37.3 Å². The first-order valence-electron chi connectivity index (χ1n) is 13.0. The minimum Gasteiger partial charge on any atom is -0.338 e. The highest BCUT2D eigenvalue weighted by atomic mass is 35.5. The highest BCUT2D eigenvalue weighted by Gasteiger charge is 2.39. The van der Waals surface area contributed by atoms with Crippen molar-refractivity contribution in [2.45, 2.75) is 69.4 Å². The molecule has 38 heavy (non-hydrogen) atoms. The fourth-order valence-electron chi connectivity index (χ4n) is 4.68. The minimum atomic E-state index is -0.591. The molecule has 0 aliphatic carbocycles. The molecule has 2 aliphatic heterocycles. The summed E-state index contributed by atoms with van der Waals surface area (Å²) < 4.78 is 0. The summed E-state index contributed by atoms with van der Waals surface area (Å²) in [6.45, 7) is 2.94. The molecule has 5 amide bonds. The van der Waals surface area contributed by atoms with Crippen LogP contribution in [0.5, 0.6) is 0 Å². The second-order valence-electron chi connectivity index (χ2n) is 9.64. The maximum absolute atomic E-state index is 13.0. The third kappa shape index (κ3) is 7.08. The van der Waals surface area contributed by atoms with Crippen LogP contribution in [0.25, 0.3) is 0 Å². The molecule has 202 valence electrons. The second-order valence-corrected chi connectivity index (χ2v) is 11.2. The second kappa shape index (κ2) is 13.2. The summed E-state index contributed by atoms with van der Waals surface area (Å²) in [7, 11) is 0. The molecule has 10 heteroatoms. The van der Waals surface area contributed by atoms with Crippen LogP contribution < -0.4 is 16.0 Å². The van der Waals surface area contributed by atoms with Crippen molar-refractivity contribution in [3.8, 4) is 0 Å². The Kier molecular flexibility index (Phi) is 9.69. The molecule has 1 fully saturated rings. The van der Waals surface area contributed by atoms with Gasteiger partial charge in [0.25, 0.3) is 5.91 Å². The van der Waals surface area contributed by atoms with Crippen molar-refractivity contribution in [3.63, 3.8) is 0 Å². The Labute approximate surface area is 232 Å². The number of imide groups is 1. The number of carbonyl (C=O) groups excluding carboxylic acids is 4. The quantitative estimate of drug-likeness (QED) is 0.198. The molecular weight excluding hydrogens is 524 g/mol. The van der Waals surface area contributed by atoms with E-state index in [0.717, 1.165) is 53.9 Å². The number of thioether (sulfide) groups is 1. The van der Waals surface area contributed by atoms with Gasteiger partial charge in [0.05, 0.1) is 0 Å². The van der Waals surface area contributed by atoms with Crippen LogP contribution in [0, 0.1) is 6.92 Å². The van der Waals surface area contributed by atoms with E-state index in [1.165, 1.54) is 0 Å². The molecule has 1 atom stereocenters. The van der Waals surface area contributed by atoms with Gasteiger partial charge in [-0.1, -0.05) is 43.0 Å². The third-order valence-electron chi connectivity index (χ3n) is 6.83. The van der Waals surface area contributed by atoms with Crippen molar-refractivity contribution < 1.29 is 19.2 Å². The number of fused-ring (bicyclic) bond motifs is 1. The van der Waals surface area contributed by atoms with Gasteiger partial charge in [0.2, 0.25) is 11.8 Å². The lowest BCUT2D eigenvalue weighted by molar-refractivity contribution is -0.136. The number of benzene rings is 2. The summed E-state index contributed by atoms with van der Waals surface area (Å²) in [6, 6.07) is 10.4. The van der Waals surface area contributed by atoms with Gasteiger partial charge in [-0.3, -0.25) is 19.7 Å². The molecule has 2 aliphatic rings. The van der Waals surface area contributed by atoms with Crippen LogP contribution >= 0.6 is 23.4 Å². The molecular formula is C28H33ClN4O4S. The van der Waals surface area contributed by atoms with Crippen LogP contribution in [-0.4, -0.2) is 47.0 Å². The summed E-state index contributed by atoms with van der Waals surface area (Å²) in [5.41, 5.74) is 3.27. The molecule has 0 spiro atoms. The van der Waals surface area contributed by atoms with Gasteiger partial charge in [-0.25, -0.2) is 4.79 Å². The van der Waals surface area contributed by atoms with Gasteiger partial charge in [0, 0.05) is 40.7 Å². The SMILES string of the molecule is Cc1ccc(NC(=O)NCCCCCCCSc2cccc3c2CN(C2CCC(=O)NC2=O)C3=O)cc1Cl. The monoisotopic (exact) mass is 556 g/mol. The lowest BCUT2D eigenvalue weighted by Gasteiger charge is -2.29. The van der Waals surface area contributed by atoms with E-state index < -0.39 is 6.04 Å². The average Bonchev–Trinajstić information content (AvgIpc) is 3.22. The van der Waals surface area contributed by atoms with Crippen LogP contribution in [0.15, 0.2) is 41.3 Å². The molecule has 2 aromatic carbocycles. The van der Waals surface area contributed by atoms with Gasteiger partial charge in [-0.15, -0.1) is 11.8 Å². The Morgan fingerprint density at radius 3 is 2.68 bits per heavy atom. The summed E-state index contributed by atoms with van der Waals surface area (Å²) in [5, 5.41) is 8.65. The van der Waals surface area contributed by atoms with E-state index in [0.29, 0.717) is 35.8 Å². The summed E-state index contributed by atoms with van der Waals surface area (Å²) in [6.07, 6.45) is 5.82. The molecule has 0 bridgehead atoms. The van der Waals surface area contributed by atoms with Gasteiger partial charge in [-0.05, 0) is 67.3 Å². The topological polar surface area (TPSA) is 108 Å². The Morgan fingerprint density at radius 1 is 1.11 bits per heavy atom. The van der Waals surface area contributed by atoms with Gasteiger partial charge in [0.15, 0.2) is 0 Å². The number of nitrogens with zero attached hydrogens (tertiary/aromatic N) is 1. The van der Waals surface area contributed by atoms with Gasteiger partial charge in [-0.2, -0.15) is 0 Å². The van der Waals surface area contributed by atoms with E-state index in [1.54, 1.807) is 22.7 Å². The Balaban J connectivity index is 1.11. The van der Waals surface area contributed by atoms with Crippen LogP contribution in [-0.2, 0) is 16.1 Å². The number of unbranched alkanes of at least 4 members (excludes halogenated alkanes) is 4. The smallest absolute Gasteiger partial charge is 0.319 e. The van der Waals surface area contributed by atoms with Crippen molar-refractivity contribution >= 4 is 52.8 Å². The molecule has 0 aromatic heterocycles. The highest BCUT2D eigenvalue weighted by Crippen LogP contribution is 2.34. The molecule has 8 nitrogen and oxygen atoms in total. The number of hydrogen-bond donors (Lipinski definition) is 3. The Bertz CT molecular complexity index is 1220. The number of anilines is 1. The van der Waals surface area contributed by atoms with E-state index >= 15 is 0 Å². The predicted octanol–water partition coefficient (Wildman–Crippen LogP) is 5.27. The number of halogens is 1. The van der Waals surface area contributed by atoms with Crippen molar-refractivity contribution in [1.82, 2.24) is 15.5 Å². The number of aryl methyl sites for hydroxylation is 1. The van der Waals surface area contributed by atoms with Crippen LogP contribution in [0.2, 0.25) is 5.02 Å². The number of carbonyl (C=O) groups is 4. The Hall–Kier alpha value is -3.04. The number of nitrogens with one attached hydrogen (secondary N) is 3. The van der Waals surface area contributed by atoms with Crippen LogP contribution in [0.1, 0.15) is 66.4 Å². The summed E-state index contributed by atoms with van der Waals surface area (Å²) in [5.74, 6) is 0.144. The predicted molar refractivity (Wildman–Crippen MR) is 150 cm³/mol. The molecule has 2 aromatic rings. The highest BCUT2D eigenvalue weighted by molar-refractivity contribution is 7.99. The average molecular weight is 557 g/mol. The van der Waals surface area contributed by atoms with E-state index in [4.69, 9.17) is 11.6 Å². The van der Waals surface area contributed by atoms with Gasteiger partial charge < -0.3 is 15.5 Å². The van der Waals surface area contributed by atoms with Crippen LogP contribution in [0.3, 0.4) is 0 Å². The first kappa shape index (κ1) is 28.0. The molecule has 0 radical (unpaired) electrons. The number of hydrogen-bond acceptors (Lipinski definition) is 5. The Morgan fingerprint density at radius 2 is 1.89 bits per heavy atom. The number of piperidine rings is 1. The van der Waals surface area contributed by atoms with Crippen molar-refractivity contribution in [2.75, 3.05) is 17.6 Å². The van der Waals surface area contributed by atoms with E-state index in [9.17, 15) is 19.2 Å². The normalized spacial score (nSPS) is 16.8. The van der Waals surface area contributed by atoms with E-state index in [2.05, 4.69) is 16.0 Å². The van der Waals surface area contributed by atoms with Crippen molar-refractivity contribution in [1.29, 1.82) is 0 Å². The fraction of sp³-hybridized carbons (Fsp3) is 0.429. The fourth-order valence-corrected chi connectivity index (χ4v) is 5.95. The molecule has 3 N–H and O–H groups in total. The third-order valence-corrected chi connectivity index (χ3v) is 8.43. The number of rotatable bonds is 11. The first-order valence-corrected chi connectivity index (χ1v) is 14.4. The zero-order valence-corrected chi connectivity index (χ0v) is 23.1. The van der Waals surface area contributed by atoms with Crippen LogP contribution in [0.4, 0.5) is 10.5 Å². The van der Waals surface area contributed by atoms with E-state index in [-0.39, 0.29) is 30.2 Å². The maximum Gasteiger partial charge on any atom is 0.319 e. The standard InChI is InChI=1S/C28H33ClN4O4S/c1-18-10-11-19(16-22(18)29)31-28(37)30-14-5-3-2-4-6-15-38-24-9-7-8-20-21(24)17-33(27(20)36)23-12-13-25(34)32-26(23)35/h7-11,16,23H,2-6,12-15,17H2,1H3,(H2,30,31,37)(H,32,34,35). The number of urea groups is 1. The maximum atomic E-state index is 13.0. The minimum absolute atomic E-state index is 0.137. The van der Waals surface area contributed by atoms with Gasteiger partial charge >= 0.3 is 6.03 Å². The summed E-state index contributed by atoms with van der Waals surface area (Å²) >= 11 is 7.84. The molecule has 1 unspecified atom stereocenters. The lowest BCUT2D eigenvalue weighted by atomic mass is 10.0. The lowest BCUT2D eigenvalue weighted by Crippen LogP contribution is -2.52.